The number of benzene rings is 3. The second-order valence-corrected chi connectivity index (χ2v) is 10.5. The van der Waals surface area contributed by atoms with E-state index < -0.39 is 23.6 Å². The van der Waals surface area contributed by atoms with Gasteiger partial charge in [-0.2, -0.15) is 0 Å². The van der Waals surface area contributed by atoms with E-state index in [1.165, 1.54) is 0 Å². The summed E-state index contributed by atoms with van der Waals surface area (Å²) in [6, 6.07) is 19.4. The van der Waals surface area contributed by atoms with Gasteiger partial charge in [0.05, 0.1) is 11.5 Å². The van der Waals surface area contributed by atoms with E-state index in [4.69, 9.17) is 9.47 Å². The maximum Gasteiger partial charge on any atom is 0.294 e. The second-order valence-electron chi connectivity index (χ2n) is 8.61. The van der Waals surface area contributed by atoms with Crippen molar-refractivity contribution in [2.45, 2.75) is 13.8 Å². The van der Waals surface area contributed by atoms with E-state index in [-0.39, 0.29) is 17.4 Å². The highest BCUT2D eigenvalue weighted by molar-refractivity contribution is 9.10. The fourth-order valence-corrected chi connectivity index (χ4v) is 4.81. The Balaban J connectivity index is 1.40. The number of amides is 4. The van der Waals surface area contributed by atoms with Gasteiger partial charge in [0.2, 0.25) is 5.91 Å². The van der Waals surface area contributed by atoms with Crippen LogP contribution in [0.15, 0.2) is 76.1 Å². The molecule has 1 fully saturated rings. The van der Waals surface area contributed by atoms with E-state index in [9.17, 15) is 19.2 Å². The minimum Gasteiger partial charge on any atom is -0.490 e. The molecule has 0 saturated carbocycles. The zero-order valence-electron chi connectivity index (χ0n) is 21.7. The number of hydrogen-bond donors (Lipinski definition) is 2. The second kappa shape index (κ2) is 13.3. The van der Waals surface area contributed by atoms with Crippen molar-refractivity contribution in [3.05, 3.63) is 87.2 Å². The molecule has 1 aliphatic heterocycles. The topological polar surface area (TPSA) is 114 Å². The summed E-state index contributed by atoms with van der Waals surface area (Å²) in [7, 11) is 0. The summed E-state index contributed by atoms with van der Waals surface area (Å²) in [5, 5.41) is 4.95. The minimum atomic E-state index is -0.563. The highest BCUT2D eigenvalue weighted by atomic mass is 79.9. The van der Waals surface area contributed by atoms with E-state index >= 15 is 0 Å². The number of hydrogen-bond acceptors (Lipinski definition) is 7. The highest BCUT2D eigenvalue weighted by Crippen LogP contribution is 2.34. The molecule has 1 heterocycles. The van der Waals surface area contributed by atoms with Crippen molar-refractivity contribution in [1.29, 1.82) is 0 Å². The number of halogens is 1. The number of carbonyl (C=O) groups is 4. The third-order valence-corrected chi connectivity index (χ3v) is 7.08. The Labute approximate surface area is 244 Å². The summed E-state index contributed by atoms with van der Waals surface area (Å²) in [4.78, 5) is 51.3. The number of ether oxygens (including phenoxy) is 2. The Kier molecular flexibility index (Phi) is 9.62. The largest absolute Gasteiger partial charge is 0.490 e. The summed E-state index contributed by atoms with van der Waals surface area (Å²) >= 11 is 4.08. The van der Waals surface area contributed by atoms with E-state index in [0.29, 0.717) is 35.0 Å². The lowest BCUT2D eigenvalue weighted by molar-refractivity contribution is -0.127. The van der Waals surface area contributed by atoms with Gasteiger partial charge in [-0.05, 0) is 85.3 Å². The molecule has 0 bridgehead atoms. The first-order valence-electron chi connectivity index (χ1n) is 12.3. The van der Waals surface area contributed by atoms with Gasteiger partial charge in [-0.1, -0.05) is 40.2 Å². The monoisotopic (exact) mass is 623 g/mol. The average molecular weight is 625 g/mol. The molecule has 0 aromatic heterocycles. The van der Waals surface area contributed by atoms with E-state index in [2.05, 4.69) is 26.6 Å². The van der Waals surface area contributed by atoms with Crippen LogP contribution in [0.25, 0.3) is 6.08 Å². The number of nitrogens with one attached hydrogen (secondary N) is 2. The van der Waals surface area contributed by atoms with E-state index in [0.717, 1.165) is 26.7 Å². The Morgan fingerprint density at radius 2 is 1.70 bits per heavy atom. The lowest BCUT2D eigenvalue weighted by atomic mass is 10.2. The molecule has 206 valence electrons. The van der Waals surface area contributed by atoms with Gasteiger partial charge in [0.15, 0.2) is 18.1 Å². The Hall–Kier alpha value is -4.09. The number of rotatable bonds is 10. The number of nitrogens with zero attached hydrogens (tertiary/aromatic N) is 1. The Bertz CT molecular complexity index is 1470. The third-order valence-electron chi connectivity index (χ3n) is 5.65. The Morgan fingerprint density at radius 1 is 0.950 bits per heavy atom. The van der Waals surface area contributed by atoms with Crippen LogP contribution < -0.4 is 20.1 Å². The molecule has 2 N–H and O–H groups in total. The molecule has 40 heavy (non-hydrogen) atoms. The van der Waals surface area contributed by atoms with Crippen LogP contribution in [0.4, 0.5) is 16.2 Å². The van der Waals surface area contributed by atoms with E-state index in [1.54, 1.807) is 48.5 Å². The summed E-state index contributed by atoms with van der Waals surface area (Å²) in [6.45, 7) is 3.43. The molecule has 3 aromatic carbocycles. The van der Waals surface area contributed by atoms with Crippen molar-refractivity contribution in [2.75, 3.05) is 30.4 Å². The summed E-state index contributed by atoms with van der Waals surface area (Å²) in [5.74, 6) is -0.632. The molecule has 9 nitrogen and oxygen atoms in total. The minimum absolute atomic E-state index is 0.176. The fraction of sp³-hybridized carbons (Fsp3) is 0.172. The number of aryl methyl sites for hydroxylation is 1. The van der Waals surface area contributed by atoms with Crippen molar-refractivity contribution in [3.8, 4) is 11.5 Å². The van der Waals surface area contributed by atoms with E-state index in [1.807, 2.05) is 38.1 Å². The highest BCUT2D eigenvalue weighted by Gasteiger charge is 2.36. The molecule has 0 unspecified atom stereocenters. The smallest absolute Gasteiger partial charge is 0.294 e. The molecule has 11 heteroatoms. The average Bonchev–Trinajstić information content (AvgIpc) is 3.18. The molecular weight excluding hydrogens is 598 g/mol. The first-order chi connectivity index (χ1) is 19.2. The molecule has 4 rings (SSSR count). The summed E-state index contributed by atoms with van der Waals surface area (Å²) in [5.41, 5.74) is 2.78. The number of imide groups is 1. The van der Waals surface area contributed by atoms with Crippen LogP contribution in [0.5, 0.6) is 11.5 Å². The van der Waals surface area contributed by atoms with Crippen LogP contribution in [-0.2, 0) is 14.4 Å². The number of anilines is 2. The molecule has 4 amide bonds. The predicted molar refractivity (Wildman–Crippen MR) is 158 cm³/mol. The quantitative estimate of drug-likeness (QED) is 0.272. The third kappa shape index (κ3) is 7.51. The number of para-hydroxylation sites is 1. The van der Waals surface area contributed by atoms with Crippen LogP contribution in [-0.4, -0.2) is 47.6 Å². The molecule has 0 atom stereocenters. The maximum atomic E-state index is 12.9. The number of thioether (sulfide) groups is 1. The molecule has 0 aliphatic carbocycles. The van der Waals surface area contributed by atoms with Crippen molar-refractivity contribution >= 4 is 68.1 Å². The summed E-state index contributed by atoms with van der Waals surface area (Å²) in [6.07, 6.45) is 1.55. The van der Waals surface area contributed by atoms with Gasteiger partial charge in [0.1, 0.15) is 6.54 Å². The first-order valence-corrected chi connectivity index (χ1v) is 13.9. The van der Waals surface area contributed by atoms with Gasteiger partial charge in [-0.25, -0.2) is 0 Å². The molecule has 1 aliphatic rings. The van der Waals surface area contributed by atoms with Gasteiger partial charge >= 0.3 is 0 Å². The Morgan fingerprint density at radius 3 is 2.42 bits per heavy atom. The fourth-order valence-electron chi connectivity index (χ4n) is 3.71. The van der Waals surface area contributed by atoms with Crippen molar-refractivity contribution in [2.24, 2.45) is 0 Å². The van der Waals surface area contributed by atoms with Crippen LogP contribution in [0.3, 0.4) is 0 Å². The predicted octanol–water partition coefficient (Wildman–Crippen LogP) is 5.85. The van der Waals surface area contributed by atoms with Crippen molar-refractivity contribution < 1.29 is 28.7 Å². The van der Waals surface area contributed by atoms with Crippen LogP contribution >= 0.6 is 27.7 Å². The van der Waals surface area contributed by atoms with Crippen LogP contribution in [0.1, 0.15) is 18.1 Å². The summed E-state index contributed by atoms with van der Waals surface area (Å²) < 4.78 is 12.2. The molecular formula is C29H26BrN3O6S. The number of carbonyl (C=O) groups excluding carboxylic acids is 4. The lowest BCUT2D eigenvalue weighted by Gasteiger charge is -2.13. The van der Waals surface area contributed by atoms with Crippen molar-refractivity contribution in [1.82, 2.24) is 4.90 Å². The first kappa shape index (κ1) is 28.9. The molecule has 0 radical (unpaired) electrons. The van der Waals surface area contributed by atoms with Crippen molar-refractivity contribution in [3.63, 3.8) is 0 Å². The van der Waals surface area contributed by atoms with Gasteiger partial charge in [-0.15, -0.1) is 0 Å². The van der Waals surface area contributed by atoms with Gasteiger partial charge < -0.3 is 20.1 Å². The standard InChI is InChI=1S/C29H26BrN3O6S/c1-3-38-24-14-19(8-13-23(24)39-17-27(35)32-22-7-5-4-6-18(22)2)15-25-28(36)33(29(37)40-25)16-26(34)31-21-11-9-20(30)10-12-21/h4-15H,3,16-17H2,1-2H3,(H,31,34)(H,32,35)/b25-15-. The zero-order chi connectivity index (χ0) is 28.6. The van der Waals surface area contributed by atoms with Crippen LogP contribution in [0.2, 0.25) is 0 Å². The zero-order valence-corrected chi connectivity index (χ0v) is 24.1. The molecule has 3 aromatic rings. The van der Waals surface area contributed by atoms with Gasteiger partial charge in [0.25, 0.3) is 17.1 Å². The molecule has 0 spiro atoms. The lowest BCUT2D eigenvalue weighted by Crippen LogP contribution is -2.36. The SMILES string of the molecule is CCOc1cc(/C=C2\SC(=O)N(CC(=O)Nc3ccc(Br)cc3)C2=O)ccc1OCC(=O)Nc1ccccc1C. The van der Waals surface area contributed by atoms with Crippen LogP contribution in [0, 0.1) is 6.92 Å². The molecule has 1 saturated heterocycles. The van der Waals surface area contributed by atoms with Gasteiger partial charge in [-0.3, -0.25) is 24.1 Å². The van der Waals surface area contributed by atoms with Gasteiger partial charge in [0, 0.05) is 15.8 Å². The maximum absolute atomic E-state index is 12.9. The normalized spacial score (nSPS) is 13.9.